The summed E-state index contributed by atoms with van der Waals surface area (Å²) in [5, 5.41) is 13.3. The van der Waals surface area contributed by atoms with Gasteiger partial charge in [0.15, 0.2) is 5.13 Å². The van der Waals surface area contributed by atoms with Crippen LogP contribution in [0.2, 0.25) is 0 Å². The SMILES string of the molecule is C#C.C=C(O)c1cnc(Nc2cc(N3CCN(CC)CC3)nc(C)n2)s1. The largest absolute Gasteiger partial charge is 0.507 e. The van der Waals surface area contributed by atoms with Crippen LogP contribution in [0.1, 0.15) is 17.6 Å². The highest BCUT2D eigenvalue weighted by Gasteiger charge is 2.18. The zero-order valence-electron chi connectivity index (χ0n) is 15.1. The maximum Gasteiger partial charge on any atom is 0.188 e. The number of aromatic nitrogens is 3. The van der Waals surface area contributed by atoms with E-state index in [9.17, 15) is 5.11 Å². The average molecular weight is 372 g/mol. The van der Waals surface area contributed by atoms with Crippen LogP contribution in [0.25, 0.3) is 5.76 Å². The molecule has 0 atom stereocenters. The van der Waals surface area contributed by atoms with Crippen molar-refractivity contribution in [3.8, 4) is 12.8 Å². The second-order valence-corrected chi connectivity index (χ2v) is 6.71. The highest BCUT2D eigenvalue weighted by atomic mass is 32.1. The van der Waals surface area contributed by atoms with Crippen molar-refractivity contribution in [2.75, 3.05) is 42.9 Å². The first-order chi connectivity index (χ1) is 12.5. The molecule has 7 nitrogen and oxygen atoms in total. The van der Waals surface area contributed by atoms with Gasteiger partial charge in [-0.1, -0.05) is 24.8 Å². The summed E-state index contributed by atoms with van der Waals surface area (Å²) in [6, 6.07) is 1.95. The molecule has 0 amide bonds. The number of thiazole rings is 1. The Morgan fingerprint density at radius 3 is 2.58 bits per heavy atom. The summed E-state index contributed by atoms with van der Waals surface area (Å²) in [5.74, 6) is 2.38. The molecule has 0 unspecified atom stereocenters. The molecule has 0 aliphatic carbocycles. The fourth-order valence-electron chi connectivity index (χ4n) is 2.65. The van der Waals surface area contributed by atoms with Gasteiger partial charge in [0, 0.05) is 32.2 Å². The molecule has 1 saturated heterocycles. The van der Waals surface area contributed by atoms with Crippen molar-refractivity contribution >= 4 is 33.9 Å². The van der Waals surface area contributed by atoms with Gasteiger partial charge in [-0.15, -0.1) is 12.8 Å². The Morgan fingerprint density at radius 1 is 1.31 bits per heavy atom. The average Bonchev–Trinajstić information content (AvgIpc) is 3.12. The molecule has 0 saturated carbocycles. The molecule has 2 N–H and O–H groups in total. The van der Waals surface area contributed by atoms with Crippen molar-refractivity contribution in [1.29, 1.82) is 0 Å². The smallest absolute Gasteiger partial charge is 0.188 e. The second kappa shape index (κ2) is 9.17. The molecule has 2 aromatic heterocycles. The van der Waals surface area contributed by atoms with E-state index in [2.05, 4.69) is 56.4 Å². The molecular weight excluding hydrogens is 348 g/mol. The van der Waals surface area contributed by atoms with Gasteiger partial charge in [-0.3, -0.25) is 0 Å². The fourth-order valence-corrected chi connectivity index (χ4v) is 3.34. The number of terminal acetylenes is 1. The summed E-state index contributed by atoms with van der Waals surface area (Å²) in [5.41, 5.74) is 0. The Bertz CT molecular complexity index is 764. The lowest BCUT2D eigenvalue weighted by atomic mass is 10.3. The Hall–Kier alpha value is -2.63. The molecule has 26 heavy (non-hydrogen) atoms. The van der Waals surface area contributed by atoms with Crippen LogP contribution in [0.4, 0.5) is 16.8 Å². The number of nitrogens with zero attached hydrogens (tertiary/aromatic N) is 5. The van der Waals surface area contributed by atoms with E-state index in [0.29, 0.717) is 15.8 Å². The minimum absolute atomic E-state index is 0.0221. The third-order valence-electron chi connectivity index (χ3n) is 3.99. The Morgan fingerprint density at radius 2 is 2.00 bits per heavy atom. The number of aryl methyl sites for hydroxylation is 1. The van der Waals surface area contributed by atoms with Crippen molar-refractivity contribution < 1.29 is 5.11 Å². The molecule has 0 spiro atoms. The molecule has 0 aromatic carbocycles. The first-order valence-electron chi connectivity index (χ1n) is 8.32. The number of likely N-dealkylation sites (N-methyl/N-ethyl adjacent to an activating group) is 1. The van der Waals surface area contributed by atoms with Gasteiger partial charge in [0.2, 0.25) is 0 Å². The normalized spacial score (nSPS) is 14.4. The van der Waals surface area contributed by atoms with E-state index in [-0.39, 0.29) is 5.76 Å². The molecule has 138 valence electrons. The van der Waals surface area contributed by atoms with Crippen LogP contribution in [0.5, 0.6) is 0 Å². The minimum atomic E-state index is 0.0221. The molecule has 1 fully saturated rings. The van der Waals surface area contributed by atoms with E-state index in [1.165, 1.54) is 11.3 Å². The minimum Gasteiger partial charge on any atom is -0.507 e. The first kappa shape index (κ1) is 19.7. The van der Waals surface area contributed by atoms with Gasteiger partial charge < -0.3 is 20.2 Å². The first-order valence-corrected chi connectivity index (χ1v) is 9.14. The van der Waals surface area contributed by atoms with Crippen molar-refractivity contribution in [2.24, 2.45) is 0 Å². The van der Waals surface area contributed by atoms with E-state index >= 15 is 0 Å². The zero-order valence-corrected chi connectivity index (χ0v) is 16.0. The molecule has 1 aliphatic heterocycles. The van der Waals surface area contributed by atoms with E-state index in [0.717, 1.165) is 44.4 Å². The van der Waals surface area contributed by atoms with E-state index in [1.54, 1.807) is 6.20 Å². The topological polar surface area (TPSA) is 77.4 Å². The number of piperazine rings is 1. The summed E-state index contributed by atoms with van der Waals surface area (Å²) < 4.78 is 0. The predicted molar refractivity (Wildman–Crippen MR) is 108 cm³/mol. The third kappa shape index (κ3) is 4.94. The quantitative estimate of drug-likeness (QED) is 0.617. The Balaban J connectivity index is 0.00000117. The van der Waals surface area contributed by atoms with Crippen LogP contribution in [0.3, 0.4) is 0 Å². The van der Waals surface area contributed by atoms with Gasteiger partial charge in [-0.2, -0.15) is 0 Å². The Kier molecular flexibility index (Phi) is 6.95. The van der Waals surface area contributed by atoms with E-state index < -0.39 is 0 Å². The molecular formula is C18H24N6OS. The lowest BCUT2D eigenvalue weighted by Gasteiger charge is -2.34. The van der Waals surface area contributed by atoms with Crippen molar-refractivity contribution in [3.63, 3.8) is 0 Å². The van der Waals surface area contributed by atoms with Crippen LogP contribution >= 0.6 is 11.3 Å². The van der Waals surface area contributed by atoms with Gasteiger partial charge in [-0.05, 0) is 13.5 Å². The molecule has 0 bridgehead atoms. The van der Waals surface area contributed by atoms with E-state index in [1.807, 2.05) is 13.0 Å². The lowest BCUT2D eigenvalue weighted by Crippen LogP contribution is -2.46. The summed E-state index contributed by atoms with van der Waals surface area (Å²) in [4.78, 5) is 18.6. The second-order valence-electron chi connectivity index (χ2n) is 5.68. The molecule has 3 rings (SSSR count). The number of hydrogen-bond acceptors (Lipinski definition) is 8. The highest BCUT2D eigenvalue weighted by Crippen LogP contribution is 2.26. The van der Waals surface area contributed by atoms with Gasteiger partial charge in [0.05, 0.1) is 11.1 Å². The molecule has 1 aliphatic rings. The number of nitrogens with one attached hydrogen (secondary N) is 1. The maximum atomic E-state index is 9.42. The van der Waals surface area contributed by atoms with E-state index in [4.69, 9.17) is 0 Å². The molecule has 8 heteroatoms. The van der Waals surface area contributed by atoms with Gasteiger partial charge in [-0.25, -0.2) is 15.0 Å². The summed E-state index contributed by atoms with van der Waals surface area (Å²) in [6.07, 6.45) is 9.59. The number of hydrogen-bond donors (Lipinski definition) is 2. The maximum absolute atomic E-state index is 9.42. The monoisotopic (exact) mass is 372 g/mol. The number of aliphatic hydroxyl groups excluding tert-OH is 1. The van der Waals surface area contributed by atoms with Gasteiger partial charge in [0.1, 0.15) is 23.2 Å². The summed E-state index contributed by atoms with van der Waals surface area (Å²) in [6.45, 7) is 12.7. The van der Waals surface area contributed by atoms with Gasteiger partial charge >= 0.3 is 0 Å². The number of aliphatic hydroxyl groups is 1. The van der Waals surface area contributed by atoms with Crippen LogP contribution in [0.15, 0.2) is 18.8 Å². The van der Waals surface area contributed by atoms with Crippen molar-refractivity contribution in [2.45, 2.75) is 13.8 Å². The molecule has 3 heterocycles. The fraction of sp³-hybridized carbons (Fsp3) is 0.389. The lowest BCUT2D eigenvalue weighted by molar-refractivity contribution is 0.270. The van der Waals surface area contributed by atoms with Crippen LogP contribution < -0.4 is 10.2 Å². The third-order valence-corrected chi connectivity index (χ3v) is 4.95. The van der Waals surface area contributed by atoms with Gasteiger partial charge in [0.25, 0.3) is 0 Å². The number of anilines is 3. The predicted octanol–water partition coefficient (Wildman–Crippen LogP) is 2.91. The molecule has 0 radical (unpaired) electrons. The van der Waals surface area contributed by atoms with Crippen LogP contribution in [0, 0.1) is 19.8 Å². The Labute approximate surface area is 158 Å². The number of rotatable bonds is 5. The highest BCUT2D eigenvalue weighted by molar-refractivity contribution is 7.16. The summed E-state index contributed by atoms with van der Waals surface area (Å²) >= 11 is 1.33. The van der Waals surface area contributed by atoms with Crippen molar-refractivity contribution in [3.05, 3.63) is 29.5 Å². The van der Waals surface area contributed by atoms with Crippen LogP contribution in [-0.4, -0.2) is 57.7 Å². The summed E-state index contributed by atoms with van der Waals surface area (Å²) in [7, 11) is 0. The van der Waals surface area contributed by atoms with Crippen LogP contribution in [-0.2, 0) is 0 Å². The zero-order chi connectivity index (χ0) is 19.1. The molecule has 2 aromatic rings. The standard InChI is InChI=1S/C16H22N6OS.C2H2/c1-4-21-5-7-22(8-6-21)15-9-14(18-12(3)19-15)20-16-17-10-13(24-16)11(2)23;1-2/h9-10,23H,2,4-8H2,1,3H3,(H,17,18,19,20);1-2H. The van der Waals surface area contributed by atoms with Crippen molar-refractivity contribution in [1.82, 2.24) is 19.9 Å².